The Kier molecular flexibility index (Phi) is 9.04. The number of rotatable bonds is 10. The Morgan fingerprint density at radius 3 is 2.55 bits per heavy atom. The topological polar surface area (TPSA) is 93.7 Å². The van der Waals surface area contributed by atoms with Crippen molar-refractivity contribution in [2.24, 2.45) is 0 Å². The number of thioether (sulfide) groups is 1. The third-order valence-electron chi connectivity index (χ3n) is 3.79. The zero-order chi connectivity index (χ0) is 21.1. The maximum Gasteiger partial charge on any atom is 0.316 e. The molecular formula is C21H24N2O5S. The summed E-state index contributed by atoms with van der Waals surface area (Å²) in [5, 5.41) is 5.43. The number of methoxy groups -OCH3 is 1. The molecule has 2 amide bonds. The Morgan fingerprint density at radius 2 is 1.79 bits per heavy atom. The van der Waals surface area contributed by atoms with Gasteiger partial charge < -0.3 is 20.1 Å². The monoisotopic (exact) mass is 416 g/mol. The number of esters is 1. The molecule has 0 saturated carbocycles. The molecule has 0 fully saturated rings. The zero-order valence-corrected chi connectivity index (χ0v) is 17.2. The fraction of sp³-hybridized carbons (Fsp3) is 0.286. The van der Waals surface area contributed by atoms with Crippen molar-refractivity contribution in [2.75, 3.05) is 30.5 Å². The van der Waals surface area contributed by atoms with Crippen LogP contribution in [-0.4, -0.2) is 43.0 Å². The second-order valence-electron chi connectivity index (χ2n) is 6.16. The van der Waals surface area contributed by atoms with Crippen LogP contribution in [0.1, 0.15) is 11.1 Å². The Bertz CT molecular complexity index is 856. The van der Waals surface area contributed by atoms with Crippen LogP contribution >= 0.6 is 11.8 Å². The quantitative estimate of drug-likeness (QED) is 0.578. The molecule has 0 unspecified atom stereocenters. The summed E-state index contributed by atoms with van der Waals surface area (Å²) in [5.74, 6) is -0.394. The van der Waals surface area contributed by atoms with Gasteiger partial charge in [-0.15, -0.1) is 11.8 Å². The van der Waals surface area contributed by atoms with Crippen molar-refractivity contribution < 1.29 is 23.9 Å². The van der Waals surface area contributed by atoms with Gasteiger partial charge in [0.05, 0.1) is 18.6 Å². The number of anilines is 1. The van der Waals surface area contributed by atoms with Crippen LogP contribution in [0.4, 0.5) is 5.69 Å². The summed E-state index contributed by atoms with van der Waals surface area (Å²) in [5.41, 5.74) is 2.58. The van der Waals surface area contributed by atoms with Crippen LogP contribution in [0.5, 0.6) is 5.75 Å². The number of carbonyl (C=O) groups is 3. The van der Waals surface area contributed by atoms with Crippen molar-refractivity contribution >= 4 is 35.2 Å². The second kappa shape index (κ2) is 11.8. The lowest BCUT2D eigenvalue weighted by Gasteiger charge is -2.10. The fourth-order valence-corrected chi connectivity index (χ4v) is 3.04. The lowest BCUT2D eigenvalue weighted by atomic mass is 10.2. The van der Waals surface area contributed by atoms with Gasteiger partial charge in [0.25, 0.3) is 5.91 Å². The lowest BCUT2D eigenvalue weighted by Crippen LogP contribution is -2.29. The van der Waals surface area contributed by atoms with Gasteiger partial charge in [-0.05, 0) is 30.7 Å². The highest BCUT2D eigenvalue weighted by molar-refractivity contribution is 8.00. The molecule has 8 heteroatoms. The highest BCUT2D eigenvalue weighted by atomic mass is 32.2. The van der Waals surface area contributed by atoms with Crippen LogP contribution in [0, 0.1) is 6.92 Å². The number of aryl methyl sites for hydroxylation is 1. The van der Waals surface area contributed by atoms with Gasteiger partial charge in [0.1, 0.15) is 5.75 Å². The first-order valence-corrected chi connectivity index (χ1v) is 10.1. The smallest absolute Gasteiger partial charge is 0.316 e. The van der Waals surface area contributed by atoms with E-state index in [2.05, 4.69) is 10.6 Å². The third kappa shape index (κ3) is 8.27. The molecule has 2 N–H and O–H groups in total. The minimum Gasteiger partial charge on any atom is -0.496 e. The summed E-state index contributed by atoms with van der Waals surface area (Å²) in [6, 6.07) is 14.8. The molecule has 0 aromatic heterocycles. The molecule has 0 radical (unpaired) electrons. The van der Waals surface area contributed by atoms with E-state index in [1.54, 1.807) is 19.2 Å². The van der Waals surface area contributed by atoms with Gasteiger partial charge in [-0.3, -0.25) is 14.4 Å². The van der Waals surface area contributed by atoms with Crippen LogP contribution in [0.2, 0.25) is 0 Å². The number of ether oxygens (including phenoxy) is 2. The molecular weight excluding hydrogens is 392 g/mol. The van der Waals surface area contributed by atoms with E-state index in [9.17, 15) is 14.4 Å². The van der Waals surface area contributed by atoms with Gasteiger partial charge >= 0.3 is 5.97 Å². The van der Waals surface area contributed by atoms with Crippen LogP contribution in [0.3, 0.4) is 0 Å². The SMILES string of the molecule is COc1ccccc1CNC(=O)COC(=O)CSCC(=O)Nc1cccc(C)c1. The third-order valence-corrected chi connectivity index (χ3v) is 4.69. The van der Waals surface area contributed by atoms with E-state index in [0.29, 0.717) is 11.4 Å². The zero-order valence-electron chi connectivity index (χ0n) is 16.4. The highest BCUT2D eigenvalue weighted by Crippen LogP contribution is 2.16. The van der Waals surface area contributed by atoms with Gasteiger partial charge in [-0.2, -0.15) is 0 Å². The van der Waals surface area contributed by atoms with E-state index < -0.39 is 11.9 Å². The normalized spacial score (nSPS) is 10.1. The summed E-state index contributed by atoms with van der Waals surface area (Å²) in [6.45, 7) is 1.84. The minimum atomic E-state index is -0.550. The summed E-state index contributed by atoms with van der Waals surface area (Å²) < 4.78 is 10.1. The first kappa shape index (κ1) is 22.3. The number of amides is 2. The molecule has 0 aliphatic heterocycles. The van der Waals surface area contributed by atoms with E-state index in [0.717, 1.165) is 22.9 Å². The van der Waals surface area contributed by atoms with Crippen molar-refractivity contribution in [3.05, 3.63) is 59.7 Å². The van der Waals surface area contributed by atoms with Gasteiger partial charge in [-0.1, -0.05) is 30.3 Å². The molecule has 0 saturated heterocycles. The molecule has 0 atom stereocenters. The molecule has 154 valence electrons. The number of nitrogens with one attached hydrogen (secondary N) is 2. The molecule has 2 aromatic rings. The largest absolute Gasteiger partial charge is 0.496 e. The Balaban J connectivity index is 1.61. The van der Waals surface area contributed by atoms with E-state index in [-0.39, 0.29) is 30.6 Å². The first-order valence-electron chi connectivity index (χ1n) is 8.96. The molecule has 29 heavy (non-hydrogen) atoms. The summed E-state index contributed by atoms with van der Waals surface area (Å²) in [6.07, 6.45) is 0. The number of hydrogen-bond acceptors (Lipinski definition) is 6. The van der Waals surface area contributed by atoms with Crippen LogP contribution < -0.4 is 15.4 Å². The molecule has 7 nitrogen and oxygen atoms in total. The van der Waals surface area contributed by atoms with Crippen LogP contribution in [-0.2, 0) is 25.7 Å². The predicted octanol–water partition coefficient (Wildman–Crippen LogP) is 2.53. The standard InChI is InChI=1S/C21H24N2O5S/c1-15-6-5-8-17(10-15)23-20(25)13-29-14-21(26)28-12-19(24)22-11-16-7-3-4-9-18(16)27-2/h3-10H,11-14H2,1-2H3,(H,22,24)(H,23,25). The van der Waals surface area contributed by atoms with Crippen molar-refractivity contribution in [1.82, 2.24) is 5.32 Å². The molecule has 2 rings (SSSR count). The second-order valence-corrected chi connectivity index (χ2v) is 7.15. The number of hydrogen-bond donors (Lipinski definition) is 2. The maximum atomic E-state index is 11.9. The Hall–Kier alpha value is -3.00. The molecule has 0 aliphatic carbocycles. The maximum absolute atomic E-state index is 11.9. The van der Waals surface area contributed by atoms with E-state index in [1.165, 1.54) is 0 Å². The molecule has 0 spiro atoms. The predicted molar refractivity (Wildman–Crippen MR) is 113 cm³/mol. The van der Waals surface area contributed by atoms with E-state index >= 15 is 0 Å². The highest BCUT2D eigenvalue weighted by Gasteiger charge is 2.10. The average molecular weight is 416 g/mol. The number of benzene rings is 2. The summed E-state index contributed by atoms with van der Waals surface area (Å²) in [7, 11) is 1.56. The average Bonchev–Trinajstić information content (AvgIpc) is 2.71. The van der Waals surface area contributed by atoms with Crippen molar-refractivity contribution in [2.45, 2.75) is 13.5 Å². The van der Waals surface area contributed by atoms with Gasteiger partial charge in [0.15, 0.2) is 6.61 Å². The van der Waals surface area contributed by atoms with Crippen LogP contribution in [0.15, 0.2) is 48.5 Å². The number of para-hydroxylation sites is 1. The van der Waals surface area contributed by atoms with Crippen molar-refractivity contribution in [1.29, 1.82) is 0 Å². The van der Waals surface area contributed by atoms with E-state index in [1.807, 2.05) is 43.3 Å². The Morgan fingerprint density at radius 1 is 1.00 bits per heavy atom. The van der Waals surface area contributed by atoms with Gasteiger partial charge in [0.2, 0.25) is 5.91 Å². The van der Waals surface area contributed by atoms with Crippen molar-refractivity contribution in [3.63, 3.8) is 0 Å². The Labute approximate surface area is 174 Å². The molecule has 0 aliphatic rings. The fourth-order valence-electron chi connectivity index (χ4n) is 2.43. The molecule has 0 heterocycles. The van der Waals surface area contributed by atoms with Crippen LogP contribution in [0.25, 0.3) is 0 Å². The lowest BCUT2D eigenvalue weighted by molar-refractivity contribution is -0.145. The summed E-state index contributed by atoms with van der Waals surface area (Å²) >= 11 is 1.12. The van der Waals surface area contributed by atoms with Crippen molar-refractivity contribution in [3.8, 4) is 5.75 Å². The molecule has 0 bridgehead atoms. The minimum absolute atomic E-state index is 0.0129. The molecule has 2 aromatic carbocycles. The first-order chi connectivity index (χ1) is 14.0. The van der Waals surface area contributed by atoms with Gasteiger partial charge in [-0.25, -0.2) is 0 Å². The van der Waals surface area contributed by atoms with Gasteiger partial charge in [0, 0.05) is 17.8 Å². The van der Waals surface area contributed by atoms with E-state index in [4.69, 9.17) is 9.47 Å². The summed E-state index contributed by atoms with van der Waals surface area (Å²) in [4.78, 5) is 35.5. The number of carbonyl (C=O) groups excluding carboxylic acids is 3.